The molecule has 2 atom stereocenters. The minimum atomic E-state index is -0.361. The van der Waals surface area contributed by atoms with Crippen molar-refractivity contribution in [3.63, 3.8) is 0 Å². The second-order valence-corrected chi connectivity index (χ2v) is 7.39. The number of likely N-dealkylation sites (tertiary alicyclic amines) is 1. The maximum atomic E-state index is 12.5. The van der Waals surface area contributed by atoms with E-state index in [0.29, 0.717) is 6.54 Å². The van der Waals surface area contributed by atoms with Crippen LogP contribution in [0.1, 0.15) is 45.2 Å². The lowest BCUT2D eigenvalue weighted by molar-refractivity contribution is -0.123. The van der Waals surface area contributed by atoms with Crippen molar-refractivity contribution < 1.29 is 4.79 Å². The van der Waals surface area contributed by atoms with Crippen molar-refractivity contribution in [2.45, 2.75) is 45.2 Å². The fraction of sp³-hybridized carbons (Fsp3) is 0.765. The van der Waals surface area contributed by atoms with Crippen LogP contribution >= 0.6 is 0 Å². The molecular weight excluding hydrogens is 290 g/mol. The first kappa shape index (κ1) is 17.9. The van der Waals surface area contributed by atoms with Crippen LogP contribution in [-0.2, 0) is 11.8 Å². The van der Waals surface area contributed by atoms with Gasteiger partial charge in [0.05, 0.1) is 6.20 Å². The van der Waals surface area contributed by atoms with E-state index in [2.05, 4.69) is 41.4 Å². The zero-order chi connectivity index (χ0) is 17.0. The maximum Gasteiger partial charge on any atom is 0.241 e. The predicted octanol–water partition coefficient (Wildman–Crippen LogP) is 1.31. The zero-order valence-corrected chi connectivity index (χ0v) is 15.1. The van der Waals surface area contributed by atoms with Crippen LogP contribution in [0.5, 0.6) is 0 Å². The monoisotopic (exact) mass is 321 g/mol. The van der Waals surface area contributed by atoms with Crippen molar-refractivity contribution >= 4 is 5.91 Å². The Morgan fingerprint density at radius 3 is 2.83 bits per heavy atom. The first-order valence-corrected chi connectivity index (χ1v) is 8.52. The summed E-state index contributed by atoms with van der Waals surface area (Å²) in [5.74, 6) is 0.734. The Balaban J connectivity index is 1.93. The van der Waals surface area contributed by atoms with E-state index in [0.717, 1.165) is 24.6 Å². The van der Waals surface area contributed by atoms with Crippen molar-refractivity contribution in [1.82, 2.24) is 25.3 Å². The molecule has 130 valence electrons. The summed E-state index contributed by atoms with van der Waals surface area (Å²) in [7, 11) is 3.66. The van der Waals surface area contributed by atoms with E-state index in [1.54, 1.807) is 17.9 Å². The highest BCUT2D eigenvalue weighted by atomic mass is 16.2. The molecule has 2 N–H and O–H groups in total. The summed E-state index contributed by atoms with van der Waals surface area (Å²) in [6.45, 7) is 9.61. The lowest BCUT2D eigenvalue weighted by Crippen LogP contribution is -2.55. The van der Waals surface area contributed by atoms with Gasteiger partial charge < -0.3 is 10.6 Å². The third-order valence-corrected chi connectivity index (χ3v) is 4.82. The Labute approximate surface area is 139 Å². The molecule has 6 heteroatoms. The Morgan fingerprint density at radius 2 is 2.26 bits per heavy atom. The molecule has 2 unspecified atom stereocenters. The maximum absolute atomic E-state index is 12.5. The number of nitrogens with one attached hydrogen (secondary N) is 2. The van der Waals surface area contributed by atoms with Crippen LogP contribution in [0.2, 0.25) is 0 Å². The number of carbonyl (C=O) groups excluding carboxylic acids is 1. The molecule has 0 aliphatic carbocycles. The Bertz CT molecular complexity index is 525. The summed E-state index contributed by atoms with van der Waals surface area (Å²) in [6, 6.07) is -0.361. The third-order valence-electron chi connectivity index (χ3n) is 4.82. The van der Waals surface area contributed by atoms with E-state index >= 15 is 0 Å². The van der Waals surface area contributed by atoms with Gasteiger partial charge in [0.15, 0.2) is 0 Å². The van der Waals surface area contributed by atoms with Gasteiger partial charge in [-0.3, -0.25) is 14.4 Å². The highest BCUT2D eigenvalue weighted by Gasteiger charge is 2.31. The highest BCUT2D eigenvalue weighted by Crippen LogP contribution is 2.23. The summed E-state index contributed by atoms with van der Waals surface area (Å²) in [5, 5.41) is 10.3. The van der Waals surface area contributed by atoms with Gasteiger partial charge in [0.1, 0.15) is 6.04 Å². The Kier molecular flexibility index (Phi) is 5.81. The van der Waals surface area contributed by atoms with Crippen molar-refractivity contribution in [1.29, 1.82) is 0 Å². The van der Waals surface area contributed by atoms with E-state index < -0.39 is 0 Å². The molecule has 1 saturated heterocycles. The Morgan fingerprint density at radius 1 is 1.52 bits per heavy atom. The number of rotatable bonds is 6. The summed E-state index contributed by atoms with van der Waals surface area (Å²) in [4.78, 5) is 15.0. The number of aromatic nitrogens is 2. The molecule has 1 aliphatic heterocycles. The standard InChI is InChI=1S/C17H31N5O/c1-13-7-6-8-22(10-13)17(2,3)12-19-16(23)15(18-4)14-9-20-21(5)11-14/h9,11,13,15,18H,6-8,10,12H2,1-5H3,(H,19,23). The van der Waals surface area contributed by atoms with Gasteiger partial charge in [-0.2, -0.15) is 5.10 Å². The molecule has 6 nitrogen and oxygen atoms in total. The lowest BCUT2D eigenvalue weighted by atomic mass is 9.93. The molecule has 1 aromatic rings. The van der Waals surface area contributed by atoms with Crippen LogP contribution in [-0.4, -0.2) is 52.8 Å². The van der Waals surface area contributed by atoms with Crippen molar-refractivity contribution in [3.8, 4) is 0 Å². The third kappa shape index (κ3) is 4.54. The van der Waals surface area contributed by atoms with Crippen LogP contribution < -0.4 is 10.6 Å². The van der Waals surface area contributed by atoms with Crippen LogP contribution in [0.3, 0.4) is 0 Å². The number of carbonyl (C=O) groups is 1. The quantitative estimate of drug-likeness (QED) is 0.829. The summed E-state index contributed by atoms with van der Waals surface area (Å²) >= 11 is 0. The zero-order valence-electron chi connectivity index (χ0n) is 15.1. The van der Waals surface area contributed by atoms with Crippen LogP contribution in [0.25, 0.3) is 0 Å². The molecule has 0 spiro atoms. The molecular formula is C17H31N5O. The first-order valence-electron chi connectivity index (χ1n) is 8.52. The highest BCUT2D eigenvalue weighted by molar-refractivity contribution is 5.83. The van der Waals surface area contributed by atoms with Gasteiger partial charge in [0.2, 0.25) is 5.91 Å². The smallest absolute Gasteiger partial charge is 0.241 e. The lowest BCUT2D eigenvalue weighted by Gasteiger charge is -2.43. The summed E-state index contributed by atoms with van der Waals surface area (Å²) in [6.07, 6.45) is 6.16. The fourth-order valence-electron chi connectivity index (χ4n) is 3.29. The topological polar surface area (TPSA) is 62.2 Å². The predicted molar refractivity (Wildman–Crippen MR) is 92.1 cm³/mol. The summed E-state index contributed by atoms with van der Waals surface area (Å²) in [5.41, 5.74) is 0.856. The Hall–Kier alpha value is -1.40. The van der Waals surface area contributed by atoms with E-state index in [-0.39, 0.29) is 17.5 Å². The SMILES string of the molecule is CNC(C(=O)NCC(C)(C)N1CCCC(C)C1)c1cnn(C)c1. The van der Waals surface area contributed by atoms with E-state index in [1.165, 1.54) is 12.8 Å². The van der Waals surface area contributed by atoms with Gasteiger partial charge in [-0.05, 0) is 46.2 Å². The van der Waals surface area contributed by atoms with Crippen LogP contribution in [0.4, 0.5) is 0 Å². The van der Waals surface area contributed by atoms with Crippen molar-refractivity contribution in [2.24, 2.45) is 13.0 Å². The number of aryl methyl sites for hydroxylation is 1. The second-order valence-electron chi connectivity index (χ2n) is 7.39. The normalized spacial score (nSPS) is 21.2. The van der Waals surface area contributed by atoms with Gasteiger partial charge in [0.25, 0.3) is 0 Å². The van der Waals surface area contributed by atoms with Crippen LogP contribution in [0.15, 0.2) is 12.4 Å². The largest absolute Gasteiger partial charge is 0.353 e. The molecule has 1 fully saturated rings. The minimum Gasteiger partial charge on any atom is -0.353 e. The average molecular weight is 321 g/mol. The second kappa shape index (κ2) is 7.45. The van der Waals surface area contributed by atoms with Crippen molar-refractivity contribution in [3.05, 3.63) is 18.0 Å². The molecule has 0 saturated carbocycles. The molecule has 0 aromatic carbocycles. The van der Waals surface area contributed by atoms with Crippen molar-refractivity contribution in [2.75, 3.05) is 26.7 Å². The molecule has 23 heavy (non-hydrogen) atoms. The number of piperidine rings is 1. The van der Waals surface area contributed by atoms with Crippen LogP contribution in [0, 0.1) is 5.92 Å². The van der Waals surface area contributed by atoms with Gasteiger partial charge in [0, 0.05) is 37.4 Å². The average Bonchev–Trinajstić information content (AvgIpc) is 2.92. The van der Waals surface area contributed by atoms with E-state index in [9.17, 15) is 4.79 Å². The summed E-state index contributed by atoms with van der Waals surface area (Å²) < 4.78 is 1.71. The number of likely N-dealkylation sites (N-methyl/N-ethyl adjacent to an activating group) is 1. The minimum absolute atomic E-state index is 0.00127. The van der Waals surface area contributed by atoms with E-state index in [4.69, 9.17) is 0 Å². The molecule has 1 aliphatic rings. The molecule has 2 rings (SSSR count). The molecule has 0 radical (unpaired) electrons. The van der Waals surface area contributed by atoms with Gasteiger partial charge >= 0.3 is 0 Å². The molecule has 1 amide bonds. The number of hydrogen-bond acceptors (Lipinski definition) is 4. The number of hydrogen-bond donors (Lipinski definition) is 2. The number of nitrogens with zero attached hydrogens (tertiary/aromatic N) is 3. The van der Waals surface area contributed by atoms with Gasteiger partial charge in [-0.15, -0.1) is 0 Å². The number of amides is 1. The molecule has 1 aromatic heterocycles. The molecule has 0 bridgehead atoms. The van der Waals surface area contributed by atoms with E-state index in [1.807, 2.05) is 13.2 Å². The molecule has 2 heterocycles. The fourth-order valence-corrected chi connectivity index (χ4v) is 3.29. The van der Waals surface area contributed by atoms with Gasteiger partial charge in [-0.25, -0.2) is 0 Å². The first-order chi connectivity index (χ1) is 10.8. The van der Waals surface area contributed by atoms with Gasteiger partial charge in [-0.1, -0.05) is 6.92 Å².